The van der Waals surface area contributed by atoms with Gasteiger partial charge in [-0.05, 0) is 35.6 Å². The lowest BCUT2D eigenvalue weighted by Crippen LogP contribution is -2.15. The summed E-state index contributed by atoms with van der Waals surface area (Å²) in [7, 11) is 0. The maximum absolute atomic E-state index is 5.38. The molecule has 0 aliphatic heterocycles. The molecule has 0 aliphatic rings. The zero-order valence-corrected chi connectivity index (χ0v) is 10.0. The summed E-state index contributed by atoms with van der Waals surface area (Å²) >= 11 is 0. The molecular weight excluding hydrogens is 198 g/mol. The second-order valence-electron chi connectivity index (χ2n) is 4.68. The van der Waals surface area contributed by atoms with E-state index in [1.54, 1.807) is 6.26 Å². The number of hydrogen-bond donors (Lipinski definition) is 0. The van der Waals surface area contributed by atoms with Crippen LogP contribution < -0.4 is 0 Å². The Balaban J connectivity index is 2.41. The fraction of sp³-hybridized carbons (Fsp3) is 0.357. The molecule has 0 radical (unpaired) electrons. The van der Waals surface area contributed by atoms with E-state index >= 15 is 0 Å². The molecule has 0 atom stereocenters. The molecule has 2 aromatic rings. The van der Waals surface area contributed by atoms with E-state index in [2.05, 4.69) is 31.8 Å². The zero-order valence-electron chi connectivity index (χ0n) is 10.0. The minimum Gasteiger partial charge on any atom is -0.464 e. The normalized spacial score (nSPS) is 11.7. The fourth-order valence-corrected chi connectivity index (χ4v) is 1.59. The van der Waals surface area contributed by atoms with Crippen LogP contribution in [-0.2, 0) is 5.41 Å². The molecule has 0 aromatic carbocycles. The molecule has 0 amide bonds. The maximum Gasteiger partial charge on any atom is 0.135 e. The smallest absolute Gasteiger partial charge is 0.135 e. The van der Waals surface area contributed by atoms with Crippen LogP contribution in [0, 0.1) is 0 Å². The topological polar surface area (TPSA) is 26.0 Å². The first-order valence-electron chi connectivity index (χ1n) is 5.63. The highest BCUT2D eigenvalue weighted by Crippen LogP contribution is 2.29. The van der Waals surface area contributed by atoms with Gasteiger partial charge in [0.1, 0.15) is 5.76 Å². The minimum atomic E-state index is 0.162. The third-order valence-corrected chi connectivity index (χ3v) is 3.21. The third kappa shape index (κ3) is 2.01. The molecular formula is C14H17NO. The Bertz CT molecular complexity index is 457. The lowest BCUT2D eigenvalue weighted by molar-refractivity contribution is 0.504. The summed E-state index contributed by atoms with van der Waals surface area (Å²) in [5.74, 6) is 0.876. The lowest BCUT2D eigenvalue weighted by atomic mass is 9.83. The first kappa shape index (κ1) is 10.9. The largest absolute Gasteiger partial charge is 0.464 e. The van der Waals surface area contributed by atoms with Gasteiger partial charge in [-0.15, -0.1) is 0 Å². The van der Waals surface area contributed by atoms with Crippen molar-refractivity contribution in [2.75, 3.05) is 0 Å². The molecule has 0 unspecified atom stereocenters. The maximum atomic E-state index is 5.38. The standard InChI is InChI=1S/C14H17NO/c1-4-14(2,3)12-8-11(9-15-10-12)13-6-5-7-16-13/h5-10H,4H2,1-3H3. The predicted octanol–water partition coefficient (Wildman–Crippen LogP) is 4.03. The molecule has 0 bridgehead atoms. The van der Waals surface area contributed by atoms with Crippen molar-refractivity contribution < 1.29 is 4.42 Å². The second kappa shape index (κ2) is 4.12. The van der Waals surface area contributed by atoms with Crippen molar-refractivity contribution in [3.05, 3.63) is 42.4 Å². The van der Waals surface area contributed by atoms with Crippen LogP contribution in [0.4, 0.5) is 0 Å². The van der Waals surface area contributed by atoms with Crippen molar-refractivity contribution in [1.82, 2.24) is 4.98 Å². The summed E-state index contributed by atoms with van der Waals surface area (Å²) in [6.07, 6.45) is 6.56. The molecule has 2 heterocycles. The summed E-state index contributed by atoms with van der Waals surface area (Å²) in [6, 6.07) is 6.02. The first-order valence-corrected chi connectivity index (χ1v) is 5.63. The Morgan fingerprint density at radius 1 is 1.31 bits per heavy atom. The molecule has 84 valence electrons. The van der Waals surface area contributed by atoms with Crippen molar-refractivity contribution in [1.29, 1.82) is 0 Å². The van der Waals surface area contributed by atoms with E-state index in [1.165, 1.54) is 5.56 Å². The summed E-state index contributed by atoms with van der Waals surface area (Å²) in [4.78, 5) is 4.29. The molecule has 0 N–H and O–H groups in total. The summed E-state index contributed by atoms with van der Waals surface area (Å²) in [6.45, 7) is 6.66. The highest BCUT2D eigenvalue weighted by Gasteiger charge is 2.19. The van der Waals surface area contributed by atoms with E-state index < -0.39 is 0 Å². The number of nitrogens with zero attached hydrogens (tertiary/aromatic N) is 1. The van der Waals surface area contributed by atoms with Gasteiger partial charge >= 0.3 is 0 Å². The van der Waals surface area contributed by atoms with E-state index in [9.17, 15) is 0 Å². The Morgan fingerprint density at radius 3 is 2.75 bits per heavy atom. The first-order chi connectivity index (χ1) is 7.63. The van der Waals surface area contributed by atoms with E-state index in [0.717, 1.165) is 17.7 Å². The molecule has 2 heteroatoms. The predicted molar refractivity (Wildman–Crippen MR) is 65.3 cm³/mol. The molecule has 16 heavy (non-hydrogen) atoms. The van der Waals surface area contributed by atoms with Gasteiger partial charge in [0.15, 0.2) is 0 Å². The lowest BCUT2D eigenvalue weighted by Gasteiger charge is -2.23. The Kier molecular flexibility index (Phi) is 2.82. The van der Waals surface area contributed by atoms with Gasteiger partial charge in [0.25, 0.3) is 0 Å². The van der Waals surface area contributed by atoms with Crippen LogP contribution in [-0.4, -0.2) is 4.98 Å². The minimum absolute atomic E-state index is 0.162. The van der Waals surface area contributed by atoms with Crippen LogP contribution in [0.25, 0.3) is 11.3 Å². The number of rotatable bonds is 3. The molecule has 0 aliphatic carbocycles. The molecule has 2 nitrogen and oxygen atoms in total. The van der Waals surface area contributed by atoms with Gasteiger partial charge in [-0.3, -0.25) is 4.98 Å². The number of aromatic nitrogens is 1. The third-order valence-electron chi connectivity index (χ3n) is 3.21. The quantitative estimate of drug-likeness (QED) is 0.772. The summed E-state index contributed by atoms with van der Waals surface area (Å²) in [5.41, 5.74) is 2.46. The van der Waals surface area contributed by atoms with Crippen LogP contribution in [0.15, 0.2) is 41.3 Å². The van der Waals surface area contributed by atoms with E-state index in [0.29, 0.717) is 0 Å². The van der Waals surface area contributed by atoms with Gasteiger partial charge in [0, 0.05) is 18.0 Å². The van der Waals surface area contributed by atoms with E-state index in [4.69, 9.17) is 4.42 Å². The number of furan rings is 1. The average Bonchev–Trinajstić information content (AvgIpc) is 2.83. The van der Waals surface area contributed by atoms with Crippen LogP contribution in [0.1, 0.15) is 32.8 Å². The number of pyridine rings is 1. The monoisotopic (exact) mass is 215 g/mol. The number of hydrogen-bond acceptors (Lipinski definition) is 2. The summed E-state index contributed by atoms with van der Waals surface area (Å²) in [5, 5.41) is 0. The van der Waals surface area contributed by atoms with E-state index in [1.807, 2.05) is 24.5 Å². The van der Waals surface area contributed by atoms with Gasteiger partial charge in [0.2, 0.25) is 0 Å². The highest BCUT2D eigenvalue weighted by molar-refractivity contribution is 5.57. The fourth-order valence-electron chi connectivity index (χ4n) is 1.59. The highest BCUT2D eigenvalue weighted by atomic mass is 16.3. The van der Waals surface area contributed by atoms with Crippen molar-refractivity contribution in [2.45, 2.75) is 32.6 Å². The Hall–Kier alpha value is -1.57. The average molecular weight is 215 g/mol. The van der Waals surface area contributed by atoms with Crippen LogP contribution in [0.5, 0.6) is 0 Å². The SMILES string of the molecule is CCC(C)(C)c1cncc(-c2ccco2)c1. The Labute approximate surface area is 96.3 Å². The molecule has 2 rings (SSSR count). The second-order valence-corrected chi connectivity index (χ2v) is 4.68. The van der Waals surface area contributed by atoms with Crippen molar-refractivity contribution in [3.63, 3.8) is 0 Å². The summed E-state index contributed by atoms with van der Waals surface area (Å²) < 4.78 is 5.38. The van der Waals surface area contributed by atoms with Crippen molar-refractivity contribution in [3.8, 4) is 11.3 Å². The van der Waals surface area contributed by atoms with Gasteiger partial charge in [-0.25, -0.2) is 0 Å². The molecule has 2 aromatic heterocycles. The molecule has 0 saturated carbocycles. The van der Waals surface area contributed by atoms with Gasteiger partial charge < -0.3 is 4.42 Å². The van der Waals surface area contributed by atoms with Crippen molar-refractivity contribution >= 4 is 0 Å². The zero-order chi connectivity index (χ0) is 11.6. The Morgan fingerprint density at radius 2 is 2.12 bits per heavy atom. The van der Waals surface area contributed by atoms with Crippen LogP contribution in [0.2, 0.25) is 0 Å². The van der Waals surface area contributed by atoms with Gasteiger partial charge in [-0.2, -0.15) is 0 Å². The van der Waals surface area contributed by atoms with Gasteiger partial charge in [-0.1, -0.05) is 20.8 Å². The molecule has 0 saturated heterocycles. The van der Waals surface area contributed by atoms with Crippen LogP contribution in [0.3, 0.4) is 0 Å². The van der Waals surface area contributed by atoms with E-state index in [-0.39, 0.29) is 5.41 Å². The molecule has 0 spiro atoms. The molecule has 0 fully saturated rings. The van der Waals surface area contributed by atoms with Crippen molar-refractivity contribution in [2.24, 2.45) is 0 Å². The van der Waals surface area contributed by atoms with Crippen LogP contribution >= 0.6 is 0 Å². The van der Waals surface area contributed by atoms with Gasteiger partial charge in [0.05, 0.1) is 6.26 Å².